The fourth-order valence-electron chi connectivity index (χ4n) is 1.26. The van der Waals surface area contributed by atoms with E-state index in [2.05, 4.69) is 0 Å². The van der Waals surface area contributed by atoms with Crippen LogP contribution >= 0.6 is 10.7 Å². The highest BCUT2D eigenvalue weighted by Gasteiger charge is 2.15. The molecule has 5 heteroatoms. The lowest BCUT2D eigenvalue weighted by Crippen LogP contribution is -1.84. The van der Waals surface area contributed by atoms with Gasteiger partial charge in [0, 0.05) is 22.1 Å². The van der Waals surface area contributed by atoms with E-state index in [1.807, 2.05) is 19.1 Å². The minimum atomic E-state index is -3.77. The monoisotopic (exact) mass is 230 g/mol. The molecule has 0 fully saturated rings. The Morgan fingerprint density at radius 1 is 1.29 bits per heavy atom. The van der Waals surface area contributed by atoms with Gasteiger partial charge in [0.05, 0.1) is 0 Å². The van der Waals surface area contributed by atoms with E-state index in [1.165, 1.54) is 6.07 Å². The Morgan fingerprint density at radius 2 is 2.00 bits per heavy atom. The van der Waals surface area contributed by atoms with Gasteiger partial charge in [0.15, 0.2) is 0 Å². The Hall–Kier alpha value is -1.000. The molecule has 2 rings (SSSR count). The highest BCUT2D eigenvalue weighted by molar-refractivity contribution is 8.13. The summed E-state index contributed by atoms with van der Waals surface area (Å²) in [4.78, 5) is 0. The molecule has 1 aromatic carbocycles. The average molecular weight is 231 g/mol. The van der Waals surface area contributed by atoms with Crippen LogP contribution in [-0.2, 0) is 9.05 Å². The maximum Gasteiger partial charge on any atom is 0.294 e. The van der Waals surface area contributed by atoms with Gasteiger partial charge in [-0.25, -0.2) is 8.42 Å². The molecule has 0 saturated carbocycles. The lowest BCUT2D eigenvalue weighted by molar-refractivity contribution is 0.488. The second-order valence-corrected chi connectivity index (χ2v) is 5.54. The topological polar surface area (TPSA) is 47.3 Å². The predicted octanol–water partition coefficient (Wildman–Crippen LogP) is 2.67. The van der Waals surface area contributed by atoms with Gasteiger partial charge in [0.1, 0.15) is 5.58 Å². The highest BCUT2D eigenvalue weighted by Crippen LogP contribution is 2.25. The van der Waals surface area contributed by atoms with E-state index < -0.39 is 9.05 Å². The number of aryl methyl sites for hydroxylation is 1. The summed E-state index contributed by atoms with van der Waals surface area (Å²) in [7, 11) is 1.38. The van der Waals surface area contributed by atoms with E-state index in [0.717, 1.165) is 10.9 Å². The zero-order valence-corrected chi connectivity index (χ0v) is 8.89. The Labute approximate surface area is 85.7 Å². The van der Waals surface area contributed by atoms with Crippen LogP contribution in [-0.4, -0.2) is 8.42 Å². The molecule has 0 saturated heterocycles. The summed E-state index contributed by atoms with van der Waals surface area (Å²) in [5.41, 5.74) is 1.56. The first kappa shape index (κ1) is 9.55. The van der Waals surface area contributed by atoms with Crippen LogP contribution in [0.1, 0.15) is 5.56 Å². The van der Waals surface area contributed by atoms with Gasteiger partial charge in [-0.05, 0) is 19.1 Å². The minimum Gasteiger partial charge on any atom is -0.443 e. The first-order chi connectivity index (χ1) is 6.47. The fraction of sp³-hybridized carbons (Fsp3) is 0.111. The van der Waals surface area contributed by atoms with Gasteiger partial charge in [-0.2, -0.15) is 0 Å². The molecular weight excluding hydrogens is 224 g/mol. The van der Waals surface area contributed by atoms with Gasteiger partial charge in [-0.3, -0.25) is 0 Å². The zero-order chi connectivity index (χ0) is 10.3. The molecule has 0 amide bonds. The van der Waals surface area contributed by atoms with Gasteiger partial charge in [-0.15, -0.1) is 0 Å². The smallest absolute Gasteiger partial charge is 0.294 e. The van der Waals surface area contributed by atoms with Gasteiger partial charge in [-0.1, -0.05) is 11.6 Å². The third kappa shape index (κ3) is 1.63. The lowest BCUT2D eigenvalue weighted by Gasteiger charge is -1.89. The van der Waals surface area contributed by atoms with Crippen molar-refractivity contribution in [2.45, 2.75) is 12.0 Å². The molecule has 74 valence electrons. The van der Waals surface area contributed by atoms with Gasteiger partial charge >= 0.3 is 0 Å². The van der Waals surface area contributed by atoms with Crippen LogP contribution in [0.5, 0.6) is 0 Å². The van der Waals surface area contributed by atoms with E-state index in [9.17, 15) is 8.42 Å². The zero-order valence-electron chi connectivity index (χ0n) is 7.32. The first-order valence-corrected chi connectivity index (χ1v) is 6.22. The fourth-order valence-corrected chi connectivity index (χ4v) is 1.94. The van der Waals surface area contributed by atoms with Crippen molar-refractivity contribution in [1.82, 2.24) is 0 Å². The lowest BCUT2D eigenvalue weighted by atomic mass is 10.2. The largest absolute Gasteiger partial charge is 0.443 e. The van der Waals surface area contributed by atoms with Crippen LogP contribution in [0.3, 0.4) is 0 Å². The van der Waals surface area contributed by atoms with Crippen LogP contribution in [0.25, 0.3) is 11.0 Å². The Bertz CT molecular complexity index is 583. The number of furan rings is 1. The molecule has 0 unspecified atom stereocenters. The van der Waals surface area contributed by atoms with Crippen molar-refractivity contribution in [3.63, 3.8) is 0 Å². The molecule has 0 bridgehead atoms. The second kappa shape index (κ2) is 3.00. The van der Waals surface area contributed by atoms with Crippen LogP contribution in [0.4, 0.5) is 0 Å². The Morgan fingerprint density at radius 3 is 2.64 bits per heavy atom. The molecule has 0 N–H and O–H groups in total. The van der Waals surface area contributed by atoms with E-state index in [-0.39, 0.29) is 5.09 Å². The maximum absolute atomic E-state index is 11.0. The average Bonchev–Trinajstić information content (AvgIpc) is 2.45. The van der Waals surface area contributed by atoms with Crippen molar-refractivity contribution in [2.75, 3.05) is 0 Å². The number of benzene rings is 1. The molecule has 1 heterocycles. The summed E-state index contributed by atoms with van der Waals surface area (Å²) < 4.78 is 27.0. The summed E-state index contributed by atoms with van der Waals surface area (Å²) >= 11 is 0. The molecule has 0 aliphatic heterocycles. The van der Waals surface area contributed by atoms with Crippen molar-refractivity contribution in [3.8, 4) is 0 Å². The van der Waals surface area contributed by atoms with E-state index in [4.69, 9.17) is 15.1 Å². The summed E-state index contributed by atoms with van der Waals surface area (Å²) in [6, 6.07) is 6.82. The molecule has 2 aromatic rings. The van der Waals surface area contributed by atoms with Crippen molar-refractivity contribution < 1.29 is 12.8 Å². The molecule has 0 aliphatic rings. The molecule has 3 nitrogen and oxygen atoms in total. The summed E-state index contributed by atoms with van der Waals surface area (Å²) in [6.45, 7) is 1.92. The number of fused-ring (bicyclic) bond motifs is 1. The third-order valence-corrected chi connectivity index (χ3v) is 3.03. The van der Waals surface area contributed by atoms with Crippen molar-refractivity contribution in [2.24, 2.45) is 0 Å². The van der Waals surface area contributed by atoms with E-state index in [0.29, 0.717) is 5.58 Å². The summed E-state index contributed by atoms with van der Waals surface area (Å²) in [5.74, 6) is 0. The molecule has 0 aliphatic carbocycles. The summed E-state index contributed by atoms with van der Waals surface area (Å²) in [6.07, 6.45) is 0. The van der Waals surface area contributed by atoms with Crippen LogP contribution in [0, 0.1) is 6.92 Å². The Balaban J connectivity index is 2.75. The molecule has 1 aromatic heterocycles. The quantitative estimate of drug-likeness (QED) is 0.708. The van der Waals surface area contributed by atoms with Crippen LogP contribution < -0.4 is 0 Å². The van der Waals surface area contributed by atoms with Gasteiger partial charge in [0.25, 0.3) is 9.05 Å². The van der Waals surface area contributed by atoms with E-state index >= 15 is 0 Å². The number of hydrogen-bond donors (Lipinski definition) is 0. The van der Waals surface area contributed by atoms with Crippen LogP contribution in [0.15, 0.2) is 33.8 Å². The van der Waals surface area contributed by atoms with E-state index in [1.54, 1.807) is 6.07 Å². The molecule has 0 radical (unpaired) electrons. The van der Waals surface area contributed by atoms with Crippen molar-refractivity contribution in [3.05, 3.63) is 29.8 Å². The second-order valence-electron chi connectivity index (χ2n) is 3.04. The highest BCUT2D eigenvalue weighted by atomic mass is 35.7. The minimum absolute atomic E-state index is 0.209. The van der Waals surface area contributed by atoms with Gasteiger partial charge < -0.3 is 4.42 Å². The number of hydrogen-bond acceptors (Lipinski definition) is 3. The molecule has 0 spiro atoms. The third-order valence-electron chi connectivity index (χ3n) is 1.89. The van der Waals surface area contributed by atoms with Gasteiger partial charge in [0.2, 0.25) is 5.09 Å². The SMILES string of the molecule is Cc1ccc2oc(S(=O)(=O)Cl)cc2c1. The van der Waals surface area contributed by atoms with Crippen molar-refractivity contribution >= 4 is 30.7 Å². The molecule has 14 heavy (non-hydrogen) atoms. The van der Waals surface area contributed by atoms with Crippen LogP contribution in [0.2, 0.25) is 0 Å². The number of halogens is 1. The predicted molar refractivity (Wildman–Crippen MR) is 54.0 cm³/mol. The molecular formula is C9H7ClO3S. The first-order valence-electron chi connectivity index (χ1n) is 3.92. The summed E-state index contributed by atoms with van der Waals surface area (Å²) in [5, 5.41) is 0.531. The standard InChI is InChI=1S/C9H7ClO3S/c1-6-2-3-8-7(4-6)5-9(13-8)14(10,11)12/h2-5H,1H3. The number of rotatable bonds is 1. The maximum atomic E-state index is 11.0. The normalized spacial score (nSPS) is 12.1. The van der Waals surface area contributed by atoms with Crippen molar-refractivity contribution in [1.29, 1.82) is 0 Å². The molecule has 0 atom stereocenters. The Kier molecular flexibility index (Phi) is 2.05.